The molecule has 0 heterocycles. The smallest absolute Gasteiger partial charge is 0.363 e. The summed E-state index contributed by atoms with van der Waals surface area (Å²) in [6.45, 7) is 15.4. The zero-order valence-electron chi connectivity index (χ0n) is 21.9. The Labute approximate surface area is 202 Å². The summed E-state index contributed by atoms with van der Waals surface area (Å²) in [6.07, 6.45) is 5.90. The van der Waals surface area contributed by atoms with Gasteiger partial charge < -0.3 is 14.2 Å². The summed E-state index contributed by atoms with van der Waals surface area (Å²) in [4.78, 5) is 0. The monoisotopic (exact) mass is 478 g/mol. The molecule has 33 heavy (non-hydrogen) atoms. The first-order chi connectivity index (χ1) is 15.5. The molecule has 4 nitrogen and oxygen atoms in total. The molecule has 3 rings (SSSR count). The van der Waals surface area contributed by atoms with Gasteiger partial charge >= 0.3 is 7.60 Å². The van der Waals surface area contributed by atoms with E-state index in [9.17, 15) is 9.67 Å². The van der Waals surface area contributed by atoms with E-state index < -0.39 is 13.4 Å². The van der Waals surface area contributed by atoms with E-state index in [-0.39, 0.29) is 12.2 Å². The number of aliphatic hydroxyl groups is 1. The Hall–Kier alpha value is -0.670. The van der Waals surface area contributed by atoms with Gasteiger partial charge in [0.05, 0.1) is 12.2 Å². The summed E-state index contributed by atoms with van der Waals surface area (Å²) < 4.78 is 27.6. The normalized spacial score (nSPS) is 33.8. The van der Waals surface area contributed by atoms with Crippen LogP contribution in [-0.4, -0.2) is 17.3 Å². The lowest BCUT2D eigenvalue weighted by atomic mass is 9.75. The van der Waals surface area contributed by atoms with E-state index in [1.54, 1.807) is 0 Å². The van der Waals surface area contributed by atoms with Crippen molar-refractivity contribution in [2.24, 2.45) is 35.5 Å². The van der Waals surface area contributed by atoms with Gasteiger partial charge in [-0.05, 0) is 73.7 Å². The van der Waals surface area contributed by atoms with Gasteiger partial charge in [0, 0.05) is 0 Å². The molecule has 188 valence electrons. The average molecular weight is 479 g/mol. The van der Waals surface area contributed by atoms with Crippen molar-refractivity contribution in [3.05, 3.63) is 35.4 Å². The maximum absolute atomic E-state index is 14.6. The fourth-order valence-electron chi connectivity index (χ4n) is 5.91. The first kappa shape index (κ1) is 26.9. The van der Waals surface area contributed by atoms with Crippen molar-refractivity contribution >= 4 is 7.60 Å². The van der Waals surface area contributed by atoms with E-state index in [0.717, 1.165) is 31.2 Å². The molecule has 8 atom stereocenters. The first-order valence-corrected chi connectivity index (χ1v) is 14.8. The van der Waals surface area contributed by atoms with Gasteiger partial charge in [-0.1, -0.05) is 84.2 Å². The predicted molar refractivity (Wildman–Crippen MR) is 136 cm³/mol. The number of hydrogen-bond donors (Lipinski definition) is 1. The van der Waals surface area contributed by atoms with Gasteiger partial charge in [0.25, 0.3) is 0 Å². The van der Waals surface area contributed by atoms with Crippen LogP contribution in [0.2, 0.25) is 0 Å². The molecule has 0 spiro atoms. The molecule has 1 aromatic rings. The molecule has 2 saturated carbocycles. The van der Waals surface area contributed by atoms with Gasteiger partial charge in [-0.3, -0.25) is 4.57 Å². The highest BCUT2D eigenvalue weighted by atomic mass is 31.2. The third-order valence-electron chi connectivity index (χ3n) is 8.16. The van der Waals surface area contributed by atoms with Crippen LogP contribution >= 0.6 is 7.60 Å². The van der Waals surface area contributed by atoms with E-state index >= 15 is 0 Å². The molecule has 1 N–H and O–H groups in total. The summed E-state index contributed by atoms with van der Waals surface area (Å²) in [6, 6.07) is 7.60. The standard InChI is InChI=1S/C28H47O4P/c1-18(2)24-14-10-21(6)16-26(24)31-33(30,28(29)23-12-8-20(5)9-13-23)32-27-17-22(7)11-15-25(27)19(3)4/h8-9,12-13,18-19,21-22,24-29H,10-11,14-17H2,1-7H3/t21-,22+,24-,25+,26-,27-,28-,33?/m1/s1. The molecule has 1 unspecified atom stereocenters. The Balaban J connectivity index is 1.94. The van der Waals surface area contributed by atoms with Crippen LogP contribution in [-0.2, 0) is 13.6 Å². The van der Waals surface area contributed by atoms with E-state index in [1.165, 1.54) is 12.8 Å². The number of rotatable bonds is 8. The van der Waals surface area contributed by atoms with Gasteiger partial charge in [-0.25, -0.2) is 0 Å². The molecule has 2 aliphatic carbocycles. The lowest BCUT2D eigenvalue weighted by Gasteiger charge is -2.42. The van der Waals surface area contributed by atoms with Crippen molar-refractivity contribution in [1.29, 1.82) is 0 Å². The quantitative estimate of drug-likeness (QED) is 0.383. The fraction of sp³-hybridized carbons (Fsp3) is 0.786. The molecule has 0 amide bonds. The second-order valence-electron chi connectivity index (χ2n) is 11.8. The van der Waals surface area contributed by atoms with Crippen molar-refractivity contribution in [3.8, 4) is 0 Å². The summed E-state index contributed by atoms with van der Waals surface area (Å²) in [5.41, 5.74) is 1.71. The van der Waals surface area contributed by atoms with Crippen LogP contribution < -0.4 is 0 Å². The molecule has 5 heteroatoms. The highest BCUT2D eigenvalue weighted by Crippen LogP contribution is 2.64. The molecule has 0 saturated heterocycles. The van der Waals surface area contributed by atoms with Crippen molar-refractivity contribution in [3.63, 3.8) is 0 Å². The van der Waals surface area contributed by atoms with E-state index in [1.807, 2.05) is 31.2 Å². The third-order valence-corrected chi connectivity index (χ3v) is 10.2. The summed E-state index contributed by atoms with van der Waals surface area (Å²) in [5, 5.41) is 11.5. The highest BCUT2D eigenvalue weighted by molar-refractivity contribution is 7.54. The number of benzene rings is 1. The van der Waals surface area contributed by atoms with Crippen LogP contribution in [0.1, 0.15) is 97.0 Å². The molecule has 0 radical (unpaired) electrons. The van der Waals surface area contributed by atoms with Crippen LogP contribution in [0.5, 0.6) is 0 Å². The Morgan fingerprint density at radius 3 is 1.64 bits per heavy atom. The molecule has 0 aliphatic heterocycles. The van der Waals surface area contributed by atoms with Crippen molar-refractivity contribution in [2.45, 2.75) is 105 Å². The van der Waals surface area contributed by atoms with Crippen molar-refractivity contribution in [1.82, 2.24) is 0 Å². The summed E-state index contributed by atoms with van der Waals surface area (Å²) in [5.74, 6) is 1.30. The SMILES string of the molecule is Cc1ccc([C@H](O)P(=O)(O[C@@H]2C[C@H](C)CC[C@@H]2C(C)C)O[C@@H]2C[C@@H](C)CC[C@H]2C(C)C)cc1. The second kappa shape index (κ2) is 11.4. The Morgan fingerprint density at radius 1 is 0.818 bits per heavy atom. The van der Waals surface area contributed by atoms with E-state index in [4.69, 9.17) is 9.05 Å². The molecule has 1 aromatic carbocycles. The molecule has 2 aliphatic rings. The van der Waals surface area contributed by atoms with Crippen LogP contribution in [0, 0.1) is 42.4 Å². The van der Waals surface area contributed by atoms with Gasteiger partial charge in [0.2, 0.25) is 0 Å². The number of hydrogen-bond acceptors (Lipinski definition) is 4. The molecule has 0 bridgehead atoms. The van der Waals surface area contributed by atoms with Gasteiger partial charge in [-0.15, -0.1) is 0 Å². The largest absolute Gasteiger partial charge is 0.376 e. The zero-order chi connectivity index (χ0) is 24.3. The Morgan fingerprint density at radius 2 is 1.24 bits per heavy atom. The van der Waals surface area contributed by atoms with Gasteiger partial charge in [0.1, 0.15) is 0 Å². The van der Waals surface area contributed by atoms with Crippen LogP contribution in [0.3, 0.4) is 0 Å². The van der Waals surface area contributed by atoms with Crippen LogP contribution in [0.15, 0.2) is 24.3 Å². The topological polar surface area (TPSA) is 55.8 Å². The molecule has 0 aromatic heterocycles. The van der Waals surface area contributed by atoms with E-state index in [0.29, 0.717) is 41.1 Å². The van der Waals surface area contributed by atoms with E-state index in [2.05, 4.69) is 41.5 Å². The van der Waals surface area contributed by atoms with Crippen molar-refractivity contribution < 1.29 is 18.7 Å². The fourth-order valence-corrected chi connectivity index (χ4v) is 7.97. The number of aryl methyl sites for hydroxylation is 1. The maximum atomic E-state index is 14.6. The summed E-state index contributed by atoms with van der Waals surface area (Å²) in [7, 11) is -3.84. The maximum Gasteiger partial charge on any atom is 0.363 e. The van der Waals surface area contributed by atoms with Crippen LogP contribution in [0.25, 0.3) is 0 Å². The zero-order valence-corrected chi connectivity index (χ0v) is 22.8. The highest BCUT2D eigenvalue weighted by Gasteiger charge is 2.46. The predicted octanol–water partition coefficient (Wildman–Crippen LogP) is 8.13. The Kier molecular flexibility index (Phi) is 9.28. The lowest BCUT2D eigenvalue weighted by molar-refractivity contribution is -0.0153. The first-order valence-electron chi connectivity index (χ1n) is 13.2. The van der Waals surface area contributed by atoms with Gasteiger partial charge in [-0.2, -0.15) is 0 Å². The molecular weight excluding hydrogens is 431 g/mol. The minimum Gasteiger partial charge on any atom is -0.376 e. The third kappa shape index (κ3) is 6.72. The Bertz CT molecular complexity index is 752. The average Bonchev–Trinajstić information content (AvgIpc) is 2.73. The second-order valence-corrected chi connectivity index (χ2v) is 13.8. The molecule has 2 fully saturated rings. The lowest BCUT2D eigenvalue weighted by Crippen LogP contribution is -2.37. The number of aliphatic hydroxyl groups excluding tert-OH is 1. The van der Waals surface area contributed by atoms with Gasteiger partial charge in [0.15, 0.2) is 5.85 Å². The summed E-state index contributed by atoms with van der Waals surface area (Å²) >= 11 is 0. The van der Waals surface area contributed by atoms with Crippen molar-refractivity contribution in [2.75, 3.05) is 0 Å². The minimum atomic E-state index is -3.84. The van der Waals surface area contributed by atoms with Crippen LogP contribution in [0.4, 0.5) is 0 Å². The minimum absolute atomic E-state index is 0.154. The molecular formula is C28H47O4P.